The smallest absolute Gasteiger partial charge is 0.374 e. The summed E-state index contributed by atoms with van der Waals surface area (Å²) in [6.45, 7) is 16.4. The van der Waals surface area contributed by atoms with Crippen molar-refractivity contribution in [3.05, 3.63) is 0 Å². The molecule has 0 unspecified atom stereocenters. The van der Waals surface area contributed by atoms with Crippen LogP contribution in [0.2, 0.25) is 12.1 Å². The number of aliphatic imine (C=N–C) groups is 1. The Kier molecular flexibility index (Phi) is 18.5. The van der Waals surface area contributed by atoms with Crippen molar-refractivity contribution < 1.29 is 26.6 Å². The van der Waals surface area contributed by atoms with Crippen LogP contribution in [0.3, 0.4) is 0 Å². The van der Waals surface area contributed by atoms with Crippen LogP contribution in [0.1, 0.15) is 67.2 Å². The monoisotopic (exact) mass is 451 g/mol. The number of rotatable bonds is 21. The fourth-order valence-corrected chi connectivity index (χ4v) is 8.09. The van der Waals surface area contributed by atoms with Gasteiger partial charge in [0.25, 0.3) is 0 Å². The summed E-state index contributed by atoms with van der Waals surface area (Å²) in [5, 5.41) is 0. The van der Waals surface area contributed by atoms with Crippen molar-refractivity contribution in [2.75, 3.05) is 46.2 Å². The van der Waals surface area contributed by atoms with E-state index >= 15 is 0 Å². The standard InChI is InChI=1S/C20H45NO6Si2/c1-7-22-28(23-8-2,24-9-3)19-16-14-13-15-17-21-18-20-29(25-10-4,26-11-5)27-12-6/h18H,7-17,19-20H2,1-6H3. The molecule has 0 N–H and O–H groups in total. The van der Waals surface area contributed by atoms with Gasteiger partial charge in [-0.2, -0.15) is 0 Å². The number of hydrogen-bond donors (Lipinski definition) is 0. The minimum atomic E-state index is -2.61. The second-order valence-electron chi connectivity index (χ2n) is 6.42. The van der Waals surface area contributed by atoms with E-state index in [4.69, 9.17) is 26.6 Å². The van der Waals surface area contributed by atoms with Crippen LogP contribution >= 0.6 is 0 Å². The molecule has 0 aliphatic rings. The van der Waals surface area contributed by atoms with Crippen LogP contribution in [0.4, 0.5) is 0 Å². The molecule has 29 heavy (non-hydrogen) atoms. The predicted octanol–water partition coefficient (Wildman–Crippen LogP) is 4.71. The molecule has 7 nitrogen and oxygen atoms in total. The first-order chi connectivity index (χ1) is 14.1. The number of unbranched alkanes of at least 4 members (excludes halogenated alkanes) is 3. The first kappa shape index (κ1) is 28.9. The average molecular weight is 452 g/mol. The summed E-state index contributed by atoms with van der Waals surface area (Å²) in [6.07, 6.45) is 6.31. The summed E-state index contributed by atoms with van der Waals surface area (Å²) >= 11 is 0. The number of hydrogen-bond acceptors (Lipinski definition) is 7. The third kappa shape index (κ3) is 13.0. The van der Waals surface area contributed by atoms with Gasteiger partial charge in [-0.1, -0.05) is 12.8 Å². The topological polar surface area (TPSA) is 67.7 Å². The maximum atomic E-state index is 5.90. The molecule has 0 aliphatic carbocycles. The van der Waals surface area contributed by atoms with Gasteiger partial charge in [-0.05, 0) is 54.4 Å². The third-order valence-corrected chi connectivity index (χ3v) is 10.2. The van der Waals surface area contributed by atoms with Crippen LogP contribution in [0, 0.1) is 0 Å². The molecule has 0 radical (unpaired) electrons. The molecule has 0 bridgehead atoms. The normalized spacial score (nSPS) is 12.9. The van der Waals surface area contributed by atoms with E-state index < -0.39 is 17.6 Å². The van der Waals surface area contributed by atoms with Gasteiger partial charge < -0.3 is 26.6 Å². The lowest BCUT2D eigenvalue weighted by Crippen LogP contribution is -2.46. The van der Waals surface area contributed by atoms with Gasteiger partial charge in [0.15, 0.2) is 0 Å². The molecule has 0 rings (SSSR count). The zero-order valence-electron chi connectivity index (χ0n) is 19.7. The van der Waals surface area contributed by atoms with E-state index in [2.05, 4.69) is 4.99 Å². The Morgan fingerprint density at radius 3 is 1.41 bits per heavy atom. The predicted molar refractivity (Wildman–Crippen MR) is 123 cm³/mol. The Labute approximate surface area is 181 Å². The highest BCUT2D eigenvalue weighted by molar-refractivity contribution is 6.63. The van der Waals surface area contributed by atoms with E-state index in [1.807, 2.05) is 47.8 Å². The Morgan fingerprint density at radius 2 is 0.966 bits per heavy atom. The molecular formula is C20H45NO6Si2. The summed E-state index contributed by atoms with van der Waals surface area (Å²) < 4.78 is 35.2. The number of nitrogens with zero attached hydrogens (tertiary/aromatic N) is 1. The maximum Gasteiger partial charge on any atom is 0.506 e. The molecule has 0 fully saturated rings. The van der Waals surface area contributed by atoms with Crippen molar-refractivity contribution in [1.82, 2.24) is 0 Å². The van der Waals surface area contributed by atoms with E-state index in [0.29, 0.717) is 45.7 Å². The minimum absolute atomic E-state index is 0.593. The van der Waals surface area contributed by atoms with Crippen molar-refractivity contribution in [3.8, 4) is 0 Å². The molecule has 0 amide bonds. The first-order valence-electron chi connectivity index (χ1n) is 11.4. The van der Waals surface area contributed by atoms with Gasteiger partial charge in [0.1, 0.15) is 0 Å². The molecule has 0 spiro atoms. The summed E-state index contributed by atoms with van der Waals surface area (Å²) in [4.78, 5) is 4.54. The van der Waals surface area contributed by atoms with Gasteiger partial charge in [-0.15, -0.1) is 0 Å². The summed E-state index contributed by atoms with van der Waals surface area (Å²) in [5.41, 5.74) is 0. The molecule has 174 valence electrons. The molecular weight excluding hydrogens is 406 g/mol. The van der Waals surface area contributed by atoms with Crippen LogP contribution in [-0.4, -0.2) is 70.0 Å². The van der Waals surface area contributed by atoms with Crippen LogP contribution in [0.15, 0.2) is 4.99 Å². The summed E-state index contributed by atoms with van der Waals surface area (Å²) in [5.74, 6) is 0. The highest BCUT2D eigenvalue weighted by Gasteiger charge is 2.40. The molecule has 9 heteroatoms. The van der Waals surface area contributed by atoms with Crippen LogP contribution in [-0.2, 0) is 26.6 Å². The van der Waals surface area contributed by atoms with Gasteiger partial charge in [0, 0.05) is 58.4 Å². The third-order valence-electron chi connectivity index (χ3n) is 4.18. The van der Waals surface area contributed by atoms with Gasteiger partial charge in [-0.25, -0.2) is 0 Å². The first-order valence-corrected chi connectivity index (χ1v) is 15.3. The fraction of sp³-hybridized carbons (Fsp3) is 0.950. The second kappa shape index (κ2) is 18.6. The Bertz CT molecular complexity index is 367. The highest BCUT2D eigenvalue weighted by atomic mass is 28.4. The summed E-state index contributed by atoms with van der Waals surface area (Å²) in [6, 6.07) is 1.52. The molecule has 0 aromatic carbocycles. The largest absolute Gasteiger partial charge is 0.506 e. The van der Waals surface area contributed by atoms with Gasteiger partial charge in [-0.3, -0.25) is 4.99 Å². The molecule has 0 atom stereocenters. The quantitative estimate of drug-likeness (QED) is 0.143. The molecule has 0 saturated carbocycles. The minimum Gasteiger partial charge on any atom is -0.374 e. The Balaban J connectivity index is 4.21. The van der Waals surface area contributed by atoms with Crippen molar-refractivity contribution >= 4 is 23.8 Å². The fourth-order valence-electron chi connectivity index (χ4n) is 3.13. The van der Waals surface area contributed by atoms with Crippen molar-refractivity contribution in [3.63, 3.8) is 0 Å². The van der Waals surface area contributed by atoms with Gasteiger partial charge in [0.2, 0.25) is 0 Å². The average Bonchev–Trinajstić information content (AvgIpc) is 2.68. The van der Waals surface area contributed by atoms with Crippen molar-refractivity contribution in [1.29, 1.82) is 0 Å². The SMILES string of the molecule is CCO[Si](CC=NCCCCCC[Si](OCC)(OCC)OCC)(OCC)OCC. The second-order valence-corrected chi connectivity index (χ2v) is 11.8. The molecule has 0 saturated heterocycles. The Morgan fingerprint density at radius 1 is 0.552 bits per heavy atom. The maximum absolute atomic E-state index is 5.90. The van der Waals surface area contributed by atoms with E-state index in [0.717, 1.165) is 38.3 Å². The van der Waals surface area contributed by atoms with Crippen molar-refractivity contribution in [2.45, 2.75) is 79.3 Å². The zero-order valence-corrected chi connectivity index (χ0v) is 21.7. The lowest BCUT2D eigenvalue weighted by Gasteiger charge is -2.28. The zero-order chi connectivity index (χ0) is 21.8. The molecule has 0 heterocycles. The lowest BCUT2D eigenvalue weighted by atomic mass is 10.2. The van der Waals surface area contributed by atoms with Gasteiger partial charge in [0.05, 0.1) is 6.04 Å². The van der Waals surface area contributed by atoms with E-state index in [9.17, 15) is 0 Å². The van der Waals surface area contributed by atoms with Gasteiger partial charge >= 0.3 is 17.6 Å². The van der Waals surface area contributed by atoms with Crippen LogP contribution in [0.25, 0.3) is 0 Å². The molecule has 0 aromatic rings. The van der Waals surface area contributed by atoms with E-state index in [1.165, 1.54) is 0 Å². The Hall–Kier alpha value is -0.136. The molecule has 0 aliphatic heterocycles. The molecule has 0 aromatic heterocycles. The van der Waals surface area contributed by atoms with Crippen LogP contribution in [0.5, 0.6) is 0 Å². The van der Waals surface area contributed by atoms with Crippen LogP contribution < -0.4 is 0 Å². The van der Waals surface area contributed by atoms with E-state index in [-0.39, 0.29) is 0 Å². The lowest BCUT2D eigenvalue weighted by molar-refractivity contribution is 0.0705. The van der Waals surface area contributed by atoms with E-state index in [1.54, 1.807) is 0 Å². The highest BCUT2D eigenvalue weighted by Crippen LogP contribution is 2.20. The summed E-state index contributed by atoms with van der Waals surface area (Å²) in [7, 11) is -5.10. The van der Waals surface area contributed by atoms with Crippen molar-refractivity contribution in [2.24, 2.45) is 4.99 Å².